The number of pyridine rings is 1. The van der Waals surface area contributed by atoms with Crippen LogP contribution in [0.25, 0.3) is 11.3 Å². The van der Waals surface area contributed by atoms with Crippen LogP contribution in [0.3, 0.4) is 0 Å². The van der Waals surface area contributed by atoms with Crippen molar-refractivity contribution < 1.29 is 13.9 Å². The van der Waals surface area contributed by atoms with Crippen molar-refractivity contribution in [1.82, 2.24) is 9.88 Å². The van der Waals surface area contributed by atoms with E-state index in [1.807, 2.05) is 41.3 Å². The van der Waals surface area contributed by atoms with Crippen LogP contribution in [0.4, 0.5) is 10.1 Å². The lowest BCUT2D eigenvalue weighted by atomic mass is 10.1. The van der Waals surface area contributed by atoms with Gasteiger partial charge in [-0.15, -0.1) is 0 Å². The fourth-order valence-corrected chi connectivity index (χ4v) is 4.04. The molecule has 1 aromatic heterocycles. The SMILES string of the molecule is CC(C)CC(=O)N1CCN(c2cc(Cl)nc(-c3ccc(Oc4ccc(F)cc4)cc3)c2)CC1. The summed E-state index contributed by atoms with van der Waals surface area (Å²) in [6.45, 7) is 7.06. The molecule has 1 fully saturated rings. The number of nitrogens with zero attached hydrogens (tertiary/aromatic N) is 3. The highest BCUT2D eigenvalue weighted by atomic mass is 35.5. The molecule has 0 radical (unpaired) electrons. The standard InChI is InChI=1S/C26H27ClFN3O2/c1-18(2)15-26(32)31-13-11-30(12-14-31)21-16-24(29-25(27)17-21)19-3-7-22(8-4-19)33-23-9-5-20(28)6-10-23/h3-10,16-18H,11-15H2,1-2H3. The number of aromatic nitrogens is 1. The van der Waals surface area contributed by atoms with Gasteiger partial charge in [0.25, 0.3) is 0 Å². The maximum absolute atomic E-state index is 13.1. The van der Waals surface area contributed by atoms with E-state index < -0.39 is 0 Å². The number of benzene rings is 2. The van der Waals surface area contributed by atoms with E-state index in [1.54, 1.807) is 12.1 Å². The summed E-state index contributed by atoms with van der Waals surface area (Å²) in [5.74, 6) is 1.50. The smallest absolute Gasteiger partial charge is 0.222 e. The Hall–Kier alpha value is -3.12. The Morgan fingerprint density at radius 1 is 1.00 bits per heavy atom. The zero-order valence-electron chi connectivity index (χ0n) is 18.8. The van der Waals surface area contributed by atoms with Gasteiger partial charge in [0.1, 0.15) is 22.5 Å². The van der Waals surface area contributed by atoms with Crippen molar-refractivity contribution in [3.63, 3.8) is 0 Å². The topological polar surface area (TPSA) is 45.7 Å². The summed E-state index contributed by atoms with van der Waals surface area (Å²) in [6.07, 6.45) is 0.589. The van der Waals surface area contributed by atoms with Crippen molar-refractivity contribution in [3.8, 4) is 22.8 Å². The molecule has 0 aliphatic carbocycles. The van der Waals surface area contributed by atoms with Crippen molar-refractivity contribution in [2.75, 3.05) is 31.1 Å². The van der Waals surface area contributed by atoms with E-state index in [2.05, 4.69) is 23.7 Å². The van der Waals surface area contributed by atoms with Gasteiger partial charge in [0.2, 0.25) is 5.91 Å². The minimum absolute atomic E-state index is 0.223. The second kappa shape index (κ2) is 10.2. The third-order valence-electron chi connectivity index (χ3n) is 5.56. The Morgan fingerprint density at radius 2 is 1.61 bits per heavy atom. The van der Waals surface area contributed by atoms with Crippen LogP contribution in [0, 0.1) is 11.7 Å². The van der Waals surface area contributed by atoms with Crippen LogP contribution in [-0.2, 0) is 4.79 Å². The van der Waals surface area contributed by atoms with Gasteiger partial charge in [-0.25, -0.2) is 9.37 Å². The molecule has 1 aliphatic rings. The number of carbonyl (C=O) groups is 1. The van der Waals surface area contributed by atoms with Crippen LogP contribution in [-0.4, -0.2) is 42.0 Å². The molecule has 172 valence electrons. The molecule has 0 atom stereocenters. The molecular weight excluding hydrogens is 441 g/mol. The minimum atomic E-state index is -0.302. The molecule has 0 bridgehead atoms. The highest BCUT2D eigenvalue weighted by molar-refractivity contribution is 6.29. The zero-order valence-corrected chi connectivity index (χ0v) is 19.6. The average molecular weight is 468 g/mol. The fourth-order valence-electron chi connectivity index (χ4n) is 3.84. The third-order valence-corrected chi connectivity index (χ3v) is 5.75. The minimum Gasteiger partial charge on any atom is -0.457 e. The van der Waals surface area contributed by atoms with E-state index in [9.17, 15) is 9.18 Å². The first-order valence-corrected chi connectivity index (χ1v) is 11.5. The zero-order chi connectivity index (χ0) is 23.4. The van der Waals surface area contributed by atoms with E-state index in [-0.39, 0.29) is 11.7 Å². The van der Waals surface area contributed by atoms with Crippen LogP contribution in [0.2, 0.25) is 5.15 Å². The number of amides is 1. The van der Waals surface area contributed by atoms with E-state index in [0.29, 0.717) is 42.1 Å². The van der Waals surface area contributed by atoms with E-state index in [4.69, 9.17) is 16.3 Å². The van der Waals surface area contributed by atoms with Gasteiger partial charge in [-0.1, -0.05) is 25.4 Å². The number of halogens is 2. The van der Waals surface area contributed by atoms with Crippen molar-refractivity contribution in [2.45, 2.75) is 20.3 Å². The van der Waals surface area contributed by atoms with Gasteiger partial charge in [-0.05, 0) is 66.6 Å². The normalized spacial score (nSPS) is 14.0. The summed E-state index contributed by atoms with van der Waals surface area (Å²) in [7, 11) is 0. The van der Waals surface area contributed by atoms with Gasteiger partial charge in [-0.2, -0.15) is 0 Å². The molecule has 7 heteroatoms. The van der Waals surface area contributed by atoms with Gasteiger partial charge >= 0.3 is 0 Å². The van der Waals surface area contributed by atoms with Crippen LogP contribution in [0.1, 0.15) is 20.3 Å². The summed E-state index contributed by atoms with van der Waals surface area (Å²) in [4.78, 5) is 21.0. The summed E-state index contributed by atoms with van der Waals surface area (Å²) < 4.78 is 18.8. The Morgan fingerprint density at radius 3 is 2.21 bits per heavy atom. The highest BCUT2D eigenvalue weighted by Gasteiger charge is 2.22. The van der Waals surface area contributed by atoms with Gasteiger partial charge in [0, 0.05) is 43.9 Å². The molecule has 4 rings (SSSR count). The molecule has 2 heterocycles. The molecule has 0 unspecified atom stereocenters. The average Bonchev–Trinajstić information content (AvgIpc) is 2.80. The molecule has 0 spiro atoms. The lowest BCUT2D eigenvalue weighted by molar-refractivity contribution is -0.132. The van der Waals surface area contributed by atoms with Gasteiger partial charge in [-0.3, -0.25) is 4.79 Å². The van der Waals surface area contributed by atoms with Crippen molar-refractivity contribution >= 4 is 23.2 Å². The van der Waals surface area contributed by atoms with E-state index in [0.717, 1.165) is 30.0 Å². The first-order chi connectivity index (χ1) is 15.9. The summed E-state index contributed by atoms with van der Waals surface area (Å²) in [6, 6.07) is 17.3. The summed E-state index contributed by atoms with van der Waals surface area (Å²) >= 11 is 6.35. The quantitative estimate of drug-likeness (QED) is 0.415. The molecule has 5 nitrogen and oxygen atoms in total. The molecule has 2 aromatic carbocycles. The monoisotopic (exact) mass is 467 g/mol. The van der Waals surface area contributed by atoms with E-state index in [1.165, 1.54) is 12.1 Å². The van der Waals surface area contributed by atoms with Crippen LogP contribution in [0.15, 0.2) is 60.7 Å². The van der Waals surface area contributed by atoms with Gasteiger partial charge in [0.15, 0.2) is 0 Å². The second-order valence-electron chi connectivity index (χ2n) is 8.58. The number of hydrogen-bond acceptors (Lipinski definition) is 4. The first-order valence-electron chi connectivity index (χ1n) is 11.1. The first kappa shape index (κ1) is 23.1. The van der Waals surface area contributed by atoms with Crippen molar-refractivity contribution in [3.05, 3.63) is 71.6 Å². The predicted octanol–water partition coefficient (Wildman–Crippen LogP) is 6.03. The number of rotatable bonds is 6. The molecule has 33 heavy (non-hydrogen) atoms. The Labute approximate surface area is 198 Å². The van der Waals surface area contributed by atoms with Crippen LogP contribution >= 0.6 is 11.6 Å². The van der Waals surface area contributed by atoms with Crippen molar-refractivity contribution in [2.24, 2.45) is 5.92 Å². The number of anilines is 1. The Balaban J connectivity index is 1.44. The molecule has 0 saturated carbocycles. The lowest BCUT2D eigenvalue weighted by Crippen LogP contribution is -2.49. The van der Waals surface area contributed by atoms with Crippen LogP contribution < -0.4 is 9.64 Å². The molecule has 0 N–H and O–H groups in total. The molecule has 3 aromatic rings. The maximum atomic E-state index is 13.1. The number of ether oxygens (including phenoxy) is 1. The number of hydrogen-bond donors (Lipinski definition) is 0. The van der Waals surface area contributed by atoms with E-state index >= 15 is 0 Å². The Bertz CT molecular complexity index is 1100. The third kappa shape index (κ3) is 6.02. The fraction of sp³-hybridized carbons (Fsp3) is 0.308. The molecule has 1 saturated heterocycles. The van der Waals surface area contributed by atoms with Crippen molar-refractivity contribution in [1.29, 1.82) is 0 Å². The lowest BCUT2D eigenvalue weighted by Gasteiger charge is -2.36. The van der Waals surface area contributed by atoms with Gasteiger partial charge in [0.05, 0.1) is 5.69 Å². The summed E-state index contributed by atoms with van der Waals surface area (Å²) in [5.41, 5.74) is 2.67. The summed E-state index contributed by atoms with van der Waals surface area (Å²) in [5, 5.41) is 0.424. The number of carbonyl (C=O) groups excluding carboxylic acids is 1. The largest absolute Gasteiger partial charge is 0.457 e. The predicted molar refractivity (Wildman–Crippen MR) is 129 cm³/mol. The second-order valence-corrected chi connectivity index (χ2v) is 8.97. The Kier molecular flexibility index (Phi) is 7.14. The highest BCUT2D eigenvalue weighted by Crippen LogP contribution is 2.29. The molecular formula is C26H27ClFN3O2. The number of piperazine rings is 1. The maximum Gasteiger partial charge on any atom is 0.222 e. The molecule has 1 amide bonds. The molecule has 1 aliphatic heterocycles. The van der Waals surface area contributed by atoms with Gasteiger partial charge < -0.3 is 14.5 Å². The van der Waals surface area contributed by atoms with Crippen LogP contribution in [0.5, 0.6) is 11.5 Å².